The summed E-state index contributed by atoms with van der Waals surface area (Å²) >= 11 is 0. The highest BCUT2D eigenvalue weighted by Crippen LogP contribution is 2.40. The maximum Gasteiger partial charge on any atom is 0.313 e. The third-order valence-electron chi connectivity index (χ3n) is 3.99. The largest absolute Gasteiger partial charge is 0.481 e. The summed E-state index contributed by atoms with van der Waals surface area (Å²) in [6, 6.07) is 1.05. The van der Waals surface area contributed by atoms with Gasteiger partial charge in [-0.1, -0.05) is 5.16 Å². The van der Waals surface area contributed by atoms with Crippen LogP contribution in [0.2, 0.25) is 0 Å². The van der Waals surface area contributed by atoms with Crippen LogP contribution in [0.5, 0.6) is 0 Å². The van der Waals surface area contributed by atoms with Gasteiger partial charge in [0.1, 0.15) is 11.2 Å². The lowest BCUT2D eigenvalue weighted by Gasteiger charge is -2.24. The Balaban J connectivity index is 1.70. The number of hydrogen-bond donors (Lipinski definition) is 2. The summed E-state index contributed by atoms with van der Waals surface area (Å²) in [5.74, 6) is -0.315. The molecular weight excluding hydrogens is 264 g/mol. The van der Waals surface area contributed by atoms with E-state index in [9.17, 15) is 14.7 Å². The Hall–Kier alpha value is -1.89. The Morgan fingerprint density at radius 3 is 2.90 bits per heavy atom. The molecule has 3 rings (SSSR count). The molecule has 2 atom stereocenters. The van der Waals surface area contributed by atoms with Crippen LogP contribution < -0.4 is 5.32 Å². The molecular formula is C13H16N2O5. The summed E-state index contributed by atoms with van der Waals surface area (Å²) in [5.41, 5.74) is -0.926. The van der Waals surface area contributed by atoms with Crippen LogP contribution in [0, 0.1) is 5.41 Å². The van der Waals surface area contributed by atoms with E-state index in [1.54, 1.807) is 13.0 Å². The van der Waals surface area contributed by atoms with Gasteiger partial charge in [-0.3, -0.25) is 9.59 Å². The van der Waals surface area contributed by atoms with Crippen LogP contribution in [0.25, 0.3) is 0 Å². The molecule has 0 spiro atoms. The van der Waals surface area contributed by atoms with E-state index in [0.29, 0.717) is 5.92 Å². The average Bonchev–Trinajstić information content (AvgIpc) is 3.01. The third-order valence-corrected chi connectivity index (χ3v) is 3.99. The maximum absolute atomic E-state index is 12.1. The minimum Gasteiger partial charge on any atom is -0.481 e. The summed E-state index contributed by atoms with van der Waals surface area (Å²) in [6.45, 7) is 1.83. The summed E-state index contributed by atoms with van der Waals surface area (Å²) < 4.78 is 10.3. The van der Waals surface area contributed by atoms with Crippen molar-refractivity contribution in [1.29, 1.82) is 0 Å². The zero-order chi connectivity index (χ0) is 14.3. The van der Waals surface area contributed by atoms with Crippen LogP contribution in [0.1, 0.15) is 41.9 Å². The van der Waals surface area contributed by atoms with Crippen molar-refractivity contribution in [3.05, 3.63) is 17.5 Å². The molecule has 7 heteroatoms. The Morgan fingerprint density at radius 2 is 2.25 bits per heavy atom. The molecule has 0 radical (unpaired) electrons. The van der Waals surface area contributed by atoms with Gasteiger partial charge in [-0.2, -0.15) is 0 Å². The Bertz CT molecular complexity index is 551. The molecule has 2 N–H and O–H groups in total. The molecule has 1 saturated heterocycles. The smallest absolute Gasteiger partial charge is 0.313 e. The molecule has 1 aromatic rings. The minimum absolute atomic E-state index is 0.0828. The summed E-state index contributed by atoms with van der Waals surface area (Å²) in [6.07, 6.45) is 2.12. The molecule has 0 aromatic carbocycles. The van der Waals surface area contributed by atoms with Gasteiger partial charge in [0.05, 0.1) is 19.3 Å². The van der Waals surface area contributed by atoms with Crippen LogP contribution in [0.15, 0.2) is 10.6 Å². The lowest BCUT2D eigenvalue weighted by molar-refractivity contribution is -0.148. The molecule has 108 valence electrons. The first kappa shape index (κ1) is 13.1. The number of carbonyl (C=O) groups excluding carboxylic acids is 1. The first-order valence-corrected chi connectivity index (χ1v) is 6.59. The van der Waals surface area contributed by atoms with E-state index < -0.39 is 23.3 Å². The molecule has 1 aliphatic heterocycles. The second-order valence-corrected chi connectivity index (χ2v) is 5.65. The predicted molar refractivity (Wildman–Crippen MR) is 66.3 cm³/mol. The zero-order valence-electron chi connectivity index (χ0n) is 11.1. The highest BCUT2D eigenvalue weighted by Gasteiger charge is 2.47. The van der Waals surface area contributed by atoms with Crippen molar-refractivity contribution in [3.8, 4) is 0 Å². The van der Waals surface area contributed by atoms with Gasteiger partial charge in [-0.05, 0) is 19.8 Å². The molecule has 20 heavy (non-hydrogen) atoms. The Morgan fingerprint density at radius 1 is 1.50 bits per heavy atom. The van der Waals surface area contributed by atoms with Gasteiger partial charge in [-0.25, -0.2) is 0 Å². The van der Waals surface area contributed by atoms with Crippen molar-refractivity contribution < 1.29 is 24.0 Å². The van der Waals surface area contributed by atoms with Crippen molar-refractivity contribution in [3.63, 3.8) is 0 Å². The number of carboxylic acids is 1. The van der Waals surface area contributed by atoms with Crippen molar-refractivity contribution in [1.82, 2.24) is 10.5 Å². The van der Waals surface area contributed by atoms with E-state index >= 15 is 0 Å². The van der Waals surface area contributed by atoms with E-state index in [0.717, 1.165) is 18.6 Å². The van der Waals surface area contributed by atoms with Crippen molar-refractivity contribution in [2.75, 3.05) is 13.2 Å². The fraction of sp³-hybridized carbons (Fsp3) is 0.615. The van der Waals surface area contributed by atoms with Crippen molar-refractivity contribution in [2.24, 2.45) is 5.41 Å². The molecule has 2 heterocycles. The number of rotatable bonds is 4. The highest BCUT2D eigenvalue weighted by molar-refractivity contribution is 5.93. The van der Waals surface area contributed by atoms with Gasteiger partial charge < -0.3 is 19.7 Å². The van der Waals surface area contributed by atoms with E-state index in [1.807, 2.05) is 0 Å². The molecule has 0 bridgehead atoms. The fourth-order valence-electron chi connectivity index (χ4n) is 2.27. The first-order valence-electron chi connectivity index (χ1n) is 6.59. The number of carboxylic acid groups (broad SMARTS) is 1. The maximum atomic E-state index is 12.1. The lowest BCUT2D eigenvalue weighted by atomic mass is 9.85. The number of ether oxygens (including phenoxy) is 1. The molecule has 2 unspecified atom stereocenters. The lowest BCUT2D eigenvalue weighted by Crippen LogP contribution is -2.49. The first-order chi connectivity index (χ1) is 9.50. The van der Waals surface area contributed by atoms with Gasteiger partial charge in [-0.15, -0.1) is 0 Å². The number of carbonyl (C=O) groups is 2. The Labute approximate surface area is 115 Å². The fourth-order valence-corrected chi connectivity index (χ4v) is 2.27. The molecule has 1 aromatic heterocycles. The quantitative estimate of drug-likeness (QED) is 0.844. The van der Waals surface area contributed by atoms with E-state index in [4.69, 9.17) is 9.26 Å². The monoisotopic (exact) mass is 280 g/mol. The van der Waals surface area contributed by atoms with Crippen LogP contribution in [0.4, 0.5) is 0 Å². The summed E-state index contributed by atoms with van der Waals surface area (Å²) in [4.78, 5) is 23.4. The number of aliphatic carboxylic acids is 1. The van der Waals surface area contributed by atoms with Crippen molar-refractivity contribution >= 4 is 11.9 Å². The van der Waals surface area contributed by atoms with E-state index in [2.05, 4.69) is 10.5 Å². The van der Waals surface area contributed by atoms with Gasteiger partial charge in [0.25, 0.3) is 5.91 Å². The molecule has 2 aliphatic rings. The van der Waals surface area contributed by atoms with Crippen LogP contribution in [-0.4, -0.2) is 41.4 Å². The topological polar surface area (TPSA) is 102 Å². The zero-order valence-corrected chi connectivity index (χ0v) is 11.1. The van der Waals surface area contributed by atoms with Gasteiger partial charge in [0.2, 0.25) is 0 Å². The predicted octanol–water partition coefficient (Wildman–Crippen LogP) is 0.771. The second-order valence-electron chi connectivity index (χ2n) is 5.65. The molecule has 1 saturated carbocycles. The number of nitrogens with one attached hydrogen (secondary N) is 1. The molecule has 2 fully saturated rings. The second kappa shape index (κ2) is 4.59. The van der Waals surface area contributed by atoms with Gasteiger partial charge >= 0.3 is 5.97 Å². The highest BCUT2D eigenvalue weighted by atomic mass is 16.5. The van der Waals surface area contributed by atoms with E-state index in [-0.39, 0.29) is 18.9 Å². The van der Waals surface area contributed by atoms with Crippen LogP contribution >= 0.6 is 0 Å². The van der Waals surface area contributed by atoms with Crippen LogP contribution in [0.3, 0.4) is 0 Å². The van der Waals surface area contributed by atoms with E-state index in [1.165, 1.54) is 0 Å². The van der Waals surface area contributed by atoms with Crippen LogP contribution in [-0.2, 0) is 9.53 Å². The number of amides is 1. The minimum atomic E-state index is -1.11. The average molecular weight is 280 g/mol. The summed E-state index contributed by atoms with van der Waals surface area (Å²) in [5, 5.41) is 15.7. The Kier molecular flexibility index (Phi) is 3.01. The normalized spacial score (nSPS) is 29.4. The standard InChI is InChI=1S/C13H16N2O5/c1-13(12(17)18)6-19-5-10(13)14-11(16)8-4-9(20-15-8)7-2-3-7/h4,7,10H,2-3,5-6H2,1H3,(H,14,16)(H,17,18). The molecule has 1 aliphatic carbocycles. The number of hydrogen-bond acceptors (Lipinski definition) is 5. The number of nitrogens with zero attached hydrogens (tertiary/aromatic N) is 1. The van der Waals surface area contributed by atoms with Gasteiger partial charge in [0, 0.05) is 12.0 Å². The summed E-state index contributed by atoms with van der Waals surface area (Å²) in [7, 11) is 0. The van der Waals surface area contributed by atoms with Gasteiger partial charge in [0.15, 0.2) is 5.69 Å². The number of aromatic nitrogens is 1. The third kappa shape index (κ3) is 2.18. The van der Waals surface area contributed by atoms with Crippen molar-refractivity contribution in [2.45, 2.75) is 31.7 Å². The molecule has 7 nitrogen and oxygen atoms in total. The SMILES string of the molecule is CC1(C(=O)O)COCC1NC(=O)c1cc(C2CC2)on1. The molecule has 1 amide bonds.